The third kappa shape index (κ3) is 4.80. The molecule has 0 unspecified atom stereocenters. The van der Waals surface area contributed by atoms with E-state index in [1.807, 2.05) is 35.2 Å². The molecule has 172 valence electrons. The third-order valence-electron chi connectivity index (χ3n) is 5.69. The fourth-order valence-electron chi connectivity index (χ4n) is 3.84. The zero-order valence-electron chi connectivity index (χ0n) is 18.5. The van der Waals surface area contributed by atoms with Gasteiger partial charge < -0.3 is 19.3 Å². The Kier molecular flexibility index (Phi) is 6.84. The molecule has 4 rings (SSSR count). The number of piperazine rings is 1. The Balaban J connectivity index is 1.45. The number of rotatable bonds is 6. The Bertz CT molecular complexity index is 1190. The topological polar surface area (TPSA) is 76.9 Å². The van der Waals surface area contributed by atoms with Crippen LogP contribution in [0.3, 0.4) is 0 Å². The van der Waals surface area contributed by atoms with E-state index in [0.717, 1.165) is 5.56 Å². The number of aromatic nitrogens is 2. The normalized spacial score (nSPS) is 13.7. The predicted octanol–water partition coefficient (Wildman–Crippen LogP) is 2.92. The van der Waals surface area contributed by atoms with Crippen molar-refractivity contribution in [2.75, 3.05) is 45.3 Å². The number of carbonyl (C=O) groups excluding carboxylic acids is 1. The van der Waals surface area contributed by atoms with Gasteiger partial charge in [0.1, 0.15) is 16.5 Å². The minimum atomic E-state index is -0.334. The van der Waals surface area contributed by atoms with Gasteiger partial charge in [-0.15, -0.1) is 0 Å². The van der Waals surface area contributed by atoms with E-state index in [-0.39, 0.29) is 16.5 Å². The second-order valence-corrected chi connectivity index (χ2v) is 8.02. The Hall–Kier alpha value is -3.52. The zero-order chi connectivity index (χ0) is 23.4. The first-order chi connectivity index (χ1) is 16.0. The molecule has 1 aromatic heterocycles. The molecule has 1 fully saturated rings. The summed E-state index contributed by atoms with van der Waals surface area (Å²) in [5.74, 6) is 0.977. The summed E-state index contributed by atoms with van der Waals surface area (Å²) in [5.41, 5.74) is 1.70. The molecule has 2 heterocycles. The SMILES string of the molecule is COc1ccc(C(=O)N2CCN(c3cnn(Cc4ccccc4)c(=O)c3Cl)CC2)c(OC)c1. The van der Waals surface area contributed by atoms with Crippen molar-refractivity contribution in [3.05, 3.63) is 81.2 Å². The van der Waals surface area contributed by atoms with Crippen molar-refractivity contribution in [3.8, 4) is 11.5 Å². The molecule has 3 aromatic rings. The van der Waals surface area contributed by atoms with Gasteiger partial charge in [0.2, 0.25) is 0 Å². The number of hydrogen-bond acceptors (Lipinski definition) is 6. The fraction of sp³-hybridized carbons (Fsp3) is 0.292. The summed E-state index contributed by atoms with van der Waals surface area (Å²) in [6.45, 7) is 2.39. The molecular formula is C24H25ClN4O4. The number of hydrogen-bond donors (Lipinski definition) is 0. The minimum absolute atomic E-state index is 0.114. The van der Waals surface area contributed by atoms with E-state index in [2.05, 4.69) is 5.10 Å². The van der Waals surface area contributed by atoms with Crippen molar-refractivity contribution in [3.63, 3.8) is 0 Å². The second-order valence-electron chi connectivity index (χ2n) is 7.64. The number of anilines is 1. The van der Waals surface area contributed by atoms with Crippen LogP contribution in [0.4, 0.5) is 5.69 Å². The van der Waals surface area contributed by atoms with Gasteiger partial charge in [0, 0.05) is 32.2 Å². The first kappa shape index (κ1) is 22.7. The fourth-order valence-corrected chi connectivity index (χ4v) is 4.11. The number of methoxy groups -OCH3 is 2. The van der Waals surface area contributed by atoms with E-state index in [4.69, 9.17) is 21.1 Å². The van der Waals surface area contributed by atoms with Crippen LogP contribution >= 0.6 is 11.6 Å². The number of halogens is 1. The first-order valence-electron chi connectivity index (χ1n) is 10.6. The van der Waals surface area contributed by atoms with Crippen LogP contribution < -0.4 is 19.9 Å². The van der Waals surface area contributed by atoms with Crippen molar-refractivity contribution >= 4 is 23.2 Å². The van der Waals surface area contributed by atoms with Crippen molar-refractivity contribution in [2.45, 2.75) is 6.54 Å². The van der Waals surface area contributed by atoms with Crippen LogP contribution in [-0.4, -0.2) is 61.0 Å². The number of benzene rings is 2. The molecule has 8 nitrogen and oxygen atoms in total. The van der Waals surface area contributed by atoms with Gasteiger partial charge in [-0.1, -0.05) is 41.9 Å². The molecule has 0 spiro atoms. The van der Waals surface area contributed by atoms with Gasteiger partial charge in [0.05, 0.1) is 38.2 Å². The van der Waals surface area contributed by atoms with Gasteiger partial charge in [0.15, 0.2) is 0 Å². The van der Waals surface area contributed by atoms with Crippen LogP contribution in [0.2, 0.25) is 5.02 Å². The lowest BCUT2D eigenvalue weighted by Crippen LogP contribution is -2.49. The highest BCUT2D eigenvalue weighted by Gasteiger charge is 2.26. The Labute approximate surface area is 196 Å². The molecule has 1 aliphatic rings. The van der Waals surface area contributed by atoms with E-state index in [0.29, 0.717) is 55.5 Å². The van der Waals surface area contributed by atoms with Crippen LogP contribution in [0.15, 0.2) is 59.5 Å². The average molecular weight is 469 g/mol. The highest BCUT2D eigenvalue weighted by atomic mass is 35.5. The highest BCUT2D eigenvalue weighted by Crippen LogP contribution is 2.27. The van der Waals surface area contributed by atoms with Crippen LogP contribution in [-0.2, 0) is 6.54 Å². The molecule has 0 radical (unpaired) electrons. The maximum atomic E-state index is 13.1. The monoisotopic (exact) mass is 468 g/mol. The van der Waals surface area contributed by atoms with Crippen LogP contribution in [0, 0.1) is 0 Å². The lowest BCUT2D eigenvalue weighted by molar-refractivity contribution is 0.0743. The molecule has 0 atom stereocenters. The highest BCUT2D eigenvalue weighted by molar-refractivity contribution is 6.33. The smallest absolute Gasteiger partial charge is 0.287 e. The summed E-state index contributed by atoms with van der Waals surface area (Å²) in [7, 11) is 3.09. The average Bonchev–Trinajstić information content (AvgIpc) is 2.87. The van der Waals surface area contributed by atoms with Crippen LogP contribution in [0.25, 0.3) is 0 Å². The van der Waals surface area contributed by atoms with Gasteiger partial charge >= 0.3 is 0 Å². The van der Waals surface area contributed by atoms with Gasteiger partial charge in [-0.05, 0) is 17.7 Å². The van der Waals surface area contributed by atoms with Crippen molar-refractivity contribution in [2.24, 2.45) is 0 Å². The van der Waals surface area contributed by atoms with Crippen molar-refractivity contribution in [1.29, 1.82) is 0 Å². The van der Waals surface area contributed by atoms with E-state index in [1.165, 1.54) is 11.8 Å². The van der Waals surface area contributed by atoms with E-state index in [9.17, 15) is 9.59 Å². The molecule has 0 bridgehead atoms. The molecule has 1 saturated heterocycles. The summed E-state index contributed by atoms with van der Waals surface area (Å²) in [5, 5.41) is 4.46. The molecule has 33 heavy (non-hydrogen) atoms. The summed E-state index contributed by atoms with van der Waals surface area (Å²) >= 11 is 6.44. The molecule has 0 saturated carbocycles. The maximum Gasteiger partial charge on any atom is 0.287 e. The summed E-state index contributed by atoms with van der Waals surface area (Å²) < 4.78 is 11.9. The molecule has 0 aliphatic carbocycles. The molecule has 1 aliphatic heterocycles. The maximum absolute atomic E-state index is 13.1. The molecule has 2 aromatic carbocycles. The van der Waals surface area contributed by atoms with Gasteiger partial charge in [-0.25, -0.2) is 4.68 Å². The quantitative estimate of drug-likeness (QED) is 0.553. The zero-order valence-corrected chi connectivity index (χ0v) is 19.3. The predicted molar refractivity (Wildman–Crippen MR) is 127 cm³/mol. The Morgan fingerprint density at radius 3 is 2.42 bits per heavy atom. The number of carbonyl (C=O) groups is 1. The summed E-state index contributed by atoms with van der Waals surface area (Å²) in [6, 6.07) is 14.8. The number of amides is 1. The van der Waals surface area contributed by atoms with Gasteiger partial charge in [-0.3, -0.25) is 9.59 Å². The van der Waals surface area contributed by atoms with Gasteiger partial charge in [0.25, 0.3) is 11.5 Å². The molecule has 1 amide bonds. The Morgan fingerprint density at radius 2 is 1.76 bits per heavy atom. The summed E-state index contributed by atoms with van der Waals surface area (Å²) in [4.78, 5) is 29.6. The first-order valence-corrected chi connectivity index (χ1v) is 11.0. The second kappa shape index (κ2) is 9.95. The standard InChI is InChI=1S/C24H25ClN4O4/c1-32-18-8-9-19(21(14-18)33-2)23(30)28-12-10-27(11-13-28)20-15-26-29(24(31)22(20)25)16-17-6-4-3-5-7-17/h3-9,14-15H,10-13,16H2,1-2H3. The van der Waals surface area contributed by atoms with E-state index < -0.39 is 0 Å². The van der Waals surface area contributed by atoms with E-state index in [1.54, 1.807) is 36.4 Å². The third-order valence-corrected chi connectivity index (χ3v) is 6.04. The lowest BCUT2D eigenvalue weighted by atomic mass is 10.1. The summed E-state index contributed by atoms with van der Waals surface area (Å²) in [6.07, 6.45) is 1.62. The Morgan fingerprint density at radius 1 is 1.03 bits per heavy atom. The van der Waals surface area contributed by atoms with Gasteiger partial charge in [-0.2, -0.15) is 5.10 Å². The minimum Gasteiger partial charge on any atom is -0.497 e. The largest absolute Gasteiger partial charge is 0.497 e. The van der Waals surface area contributed by atoms with E-state index >= 15 is 0 Å². The van der Waals surface area contributed by atoms with Crippen molar-refractivity contribution < 1.29 is 14.3 Å². The number of ether oxygens (including phenoxy) is 2. The van der Waals surface area contributed by atoms with Crippen molar-refractivity contribution in [1.82, 2.24) is 14.7 Å². The molecule has 9 heteroatoms. The lowest BCUT2D eigenvalue weighted by Gasteiger charge is -2.36. The molecule has 0 N–H and O–H groups in total. The number of nitrogens with zero attached hydrogens (tertiary/aromatic N) is 4. The van der Waals surface area contributed by atoms with Crippen LogP contribution in [0.5, 0.6) is 11.5 Å². The van der Waals surface area contributed by atoms with Crippen LogP contribution in [0.1, 0.15) is 15.9 Å². The molecular weight excluding hydrogens is 444 g/mol.